The number of anilines is 1. The molecule has 0 radical (unpaired) electrons. The highest BCUT2D eigenvalue weighted by Crippen LogP contribution is 2.26. The fourth-order valence-electron chi connectivity index (χ4n) is 2.43. The van der Waals surface area contributed by atoms with Crippen LogP contribution in [-0.2, 0) is 4.79 Å². The third-order valence-corrected chi connectivity index (χ3v) is 4.56. The average molecular weight is 451 g/mol. The Morgan fingerprint density at radius 2 is 1.80 bits per heavy atom. The zero-order valence-corrected chi connectivity index (χ0v) is 14.7. The number of nitrogens with zero attached hydrogens (tertiary/aromatic N) is 2. The van der Waals surface area contributed by atoms with Crippen molar-refractivity contribution in [2.75, 3.05) is 11.9 Å². The Hall–Kier alpha value is -2.82. The van der Waals surface area contributed by atoms with Gasteiger partial charge in [0.05, 0.1) is 21.7 Å². The number of nitro groups is 1. The molecule has 0 aromatic heterocycles. The molecule has 1 N–H and O–H groups in total. The van der Waals surface area contributed by atoms with E-state index < -0.39 is 29.2 Å². The van der Waals surface area contributed by atoms with Crippen LogP contribution in [0.2, 0.25) is 0 Å². The number of amides is 3. The summed E-state index contributed by atoms with van der Waals surface area (Å²) in [4.78, 5) is 47.7. The van der Waals surface area contributed by atoms with Crippen molar-refractivity contribution in [3.63, 3.8) is 0 Å². The fraction of sp³-hybridized carbons (Fsp3) is 0.0625. The molecule has 1 aliphatic heterocycles. The van der Waals surface area contributed by atoms with E-state index in [0.29, 0.717) is 5.69 Å². The molecule has 0 saturated heterocycles. The van der Waals surface area contributed by atoms with Crippen molar-refractivity contribution in [2.24, 2.45) is 0 Å². The lowest BCUT2D eigenvalue weighted by Crippen LogP contribution is -2.37. The number of nitro benzene ring substituents is 1. The Kier molecular flexibility index (Phi) is 4.49. The van der Waals surface area contributed by atoms with Gasteiger partial charge >= 0.3 is 0 Å². The van der Waals surface area contributed by atoms with E-state index in [9.17, 15) is 24.5 Å². The molecule has 25 heavy (non-hydrogen) atoms. The summed E-state index contributed by atoms with van der Waals surface area (Å²) in [7, 11) is 0. The number of imide groups is 1. The standard InChI is InChI=1S/C16H10IN3O5/c17-12-3-1-2-4-13(12)18-14(21)8-19-15(22)10-6-5-9(20(24)25)7-11(10)16(19)23/h1-7H,8H2,(H,18,21). The number of para-hydroxylation sites is 1. The number of hydrogen-bond donors (Lipinski definition) is 1. The topological polar surface area (TPSA) is 110 Å². The van der Waals surface area contributed by atoms with E-state index in [4.69, 9.17) is 0 Å². The SMILES string of the molecule is O=C(CN1C(=O)c2ccc([N+](=O)[O-])cc2C1=O)Nc1ccccc1I. The summed E-state index contributed by atoms with van der Waals surface area (Å²) in [6.07, 6.45) is 0. The minimum absolute atomic E-state index is 0.0534. The molecule has 3 rings (SSSR count). The smallest absolute Gasteiger partial charge is 0.270 e. The quantitative estimate of drug-likeness (QED) is 0.333. The number of carbonyl (C=O) groups excluding carboxylic acids is 3. The Balaban J connectivity index is 1.79. The van der Waals surface area contributed by atoms with Crippen molar-refractivity contribution in [1.29, 1.82) is 0 Å². The number of rotatable bonds is 4. The second kappa shape index (κ2) is 6.59. The lowest BCUT2D eigenvalue weighted by Gasteiger charge is -2.14. The Morgan fingerprint density at radius 3 is 2.48 bits per heavy atom. The van der Waals surface area contributed by atoms with Gasteiger partial charge in [0.2, 0.25) is 5.91 Å². The summed E-state index contributed by atoms with van der Waals surface area (Å²) in [5, 5.41) is 13.4. The van der Waals surface area contributed by atoms with Gasteiger partial charge in [0.25, 0.3) is 17.5 Å². The maximum atomic E-state index is 12.3. The van der Waals surface area contributed by atoms with Crippen LogP contribution in [0.3, 0.4) is 0 Å². The van der Waals surface area contributed by atoms with Crippen molar-refractivity contribution in [1.82, 2.24) is 4.90 Å². The summed E-state index contributed by atoms with van der Waals surface area (Å²) in [5.74, 6) is -1.90. The Morgan fingerprint density at radius 1 is 1.12 bits per heavy atom. The minimum Gasteiger partial charge on any atom is -0.324 e. The first-order chi connectivity index (χ1) is 11.9. The molecule has 0 fully saturated rings. The molecular weight excluding hydrogens is 441 g/mol. The number of carbonyl (C=O) groups is 3. The van der Waals surface area contributed by atoms with Crippen LogP contribution < -0.4 is 5.32 Å². The molecule has 0 saturated carbocycles. The highest BCUT2D eigenvalue weighted by molar-refractivity contribution is 14.1. The van der Waals surface area contributed by atoms with Crippen LogP contribution >= 0.6 is 22.6 Å². The van der Waals surface area contributed by atoms with Gasteiger partial charge in [0.15, 0.2) is 0 Å². The van der Waals surface area contributed by atoms with Crippen LogP contribution in [-0.4, -0.2) is 34.1 Å². The van der Waals surface area contributed by atoms with E-state index >= 15 is 0 Å². The van der Waals surface area contributed by atoms with E-state index in [-0.39, 0.29) is 16.8 Å². The zero-order chi connectivity index (χ0) is 18.1. The first-order valence-electron chi connectivity index (χ1n) is 7.07. The predicted molar refractivity (Wildman–Crippen MR) is 96.3 cm³/mol. The maximum absolute atomic E-state index is 12.3. The van der Waals surface area contributed by atoms with Crippen LogP contribution in [0.5, 0.6) is 0 Å². The van der Waals surface area contributed by atoms with Crippen LogP contribution in [0.1, 0.15) is 20.7 Å². The summed E-state index contributed by atoms with van der Waals surface area (Å²) < 4.78 is 0.812. The van der Waals surface area contributed by atoms with Gasteiger partial charge in [0.1, 0.15) is 6.54 Å². The fourth-order valence-corrected chi connectivity index (χ4v) is 2.95. The lowest BCUT2D eigenvalue weighted by atomic mass is 10.1. The zero-order valence-electron chi connectivity index (χ0n) is 12.6. The maximum Gasteiger partial charge on any atom is 0.270 e. The number of halogens is 1. The van der Waals surface area contributed by atoms with Gasteiger partial charge in [-0.25, -0.2) is 0 Å². The van der Waals surface area contributed by atoms with E-state index in [0.717, 1.165) is 20.6 Å². The number of benzene rings is 2. The van der Waals surface area contributed by atoms with Crippen molar-refractivity contribution >= 4 is 51.7 Å². The second-order valence-corrected chi connectivity index (χ2v) is 6.37. The van der Waals surface area contributed by atoms with Crippen molar-refractivity contribution in [3.05, 3.63) is 67.3 Å². The van der Waals surface area contributed by atoms with Gasteiger partial charge in [-0.3, -0.25) is 29.4 Å². The highest BCUT2D eigenvalue weighted by Gasteiger charge is 2.37. The molecule has 2 aromatic rings. The summed E-state index contributed by atoms with van der Waals surface area (Å²) in [6, 6.07) is 10.5. The molecule has 1 aliphatic rings. The molecule has 0 atom stereocenters. The number of non-ortho nitro benzene ring substituents is 1. The van der Waals surface area contributed by atoms with Crippen molar-refractivity contribution in [3.8, 4) is 0 Å². The molecule has 3 amide bonds. The van der Waals surface area contributed by atoms with Crippen molar-refractivity contribution in [2.45, 2.75) is 0 Å². The monoisotopic (exact) mass is 451 g/mol. The first kappa shape index (κ1) is 17.0. The summed E-state index contributed by atoms with van der Waals surface area (Å²) in [6.45, 7) is -0.467. The second-order valence-electron chi connectivity index (χ2n) is 5.21. The first-order valence-corrected chi connectivity index (χ1v) is 8.15. The van der Waals surface area contributed by atoms with Crippen LogP contribution in [0, 0.1) is 13.7 Å². The van der Waals surface area contributed by atoms with E-state index in [1.165, 1.54) is 6.07 Å². The van der Waals surface area contributed by atoms with Crippen LogP contribution in [0.15, 0.2) is 42.5 Å². The van der Waals surface area contributed by atoms with Gasteiger partial charge in [-0.1, -0.05) is 12.1 Å². The molecule has 8 nitrogen and oxygen atoms in total. The Labute approximate surface area is 155 Å². The molecule has 0 spiro atoms. The van der Waals surface area contributed by atoms with Gasteiger partial charge in [0, 0.05) is 15.7 Å². The number of nitrogens with one attached hydrogen (secondary N) is 1. The van der Waals surface area contributed by atoms with Gasteiger partial charge < -0.3 is 5.32 Å². The molecule has 0 aliphatic carbocycles. The van der Waals surface area contributed by atoms with Gasteiger partial charge in [-0.15, -0.1) is 0 Å². The van der Waals surface area contributed by atoms with E-state index in [1.807, 2.05) is 6.07 Å². The highest BCUT2D eigenvalue weighted by atomic mass is 127. The molecule has 126 valence electrons. The molecular formula is C16H10IN3O5. The minimum atomic E-state index is -0.721. The predicted octanol–water partition coefficient (Wildman–Crippen LogP) is 2.43. The summed E-state index contributed by atoms with van der Waals surface area (Å²) in [5.41, 5.74) is 0.268. The molecule has 0 unspecified atom stereocenters. The van der Waals surface area contributed by atoms with Crippen LogP contribution in [0.4, 0.5) is 11.4 Å². The van der Waals surface area contributed by atoms with E-state index in [1.54, 1.807) is 18.2 Å². The molecule has 9 heteroatoms. The normalized spacial score (nSPS) is 12.9. The van der Waals surface area contributed by atoms with Gasteiger partial charge in [-0.2, -0.15) is 0 Å². The lowest BCUT2D eigenvalue weighted by molar-refractivity contribution is -0.384. The Bertz CT molecular complexity index is 928. The van der Waals surface area contributed by atoms with Gasteiger partial charge in [-0.05, 0) is 40.8 Å². The molecule has 1 heterocycles. The van der Waals surface area contributed by atoms with Crippen molar-refractivity contribution < 1.29 is 19.3 Å². The van der Waals surface area contributed by atoms with E-state index in [2.05, 4.69) is 27.9 Å². The van der Waals surface area contributed by atoms with Crippen LogP contribution in [0.25, 0.3) is 0 Å². The summed E-state index contributed by atoms with van der Waals surface area (Å²) >= 11 is 2.05. The average Bonchev–Trinajstić information content (AvgIpc) is 2.81. The third kappa shape index (κ3) is 3.22. The molecule has 0 bridgehead atoms. The third-order valence-electron chi connectivity index (χ3n) is 3.61. The number of fused-ring (bicyclic) bond motifs is 1. The largest absolute Gasteiger partial charge is 0.324 e. The number of hydrogen-bond acceptors (Lipinski definition) is 5. The molecule has 2 aromatic carbocycles.